The summed E-state index contributed by atoms with van der Waals surface area (Å²) < 4.78 is 4.31. The van der Waals surface area contributed by atoms with Gasteiger partial charge in [-0.1, -0.05) is 0 Å². The Morgan fingerprint density at radius 2 is 2.08 bits per heavy atom. The molecule has 2 aromatic rings. The van der Waals surface area contributed by atoms with Crippen LogP contribution >= 0.6 is 0 Å². The Morgan fingerprint density at radius 3 is 2.77 bits per heavy atom. The van der Waals surface area contributed by atoms with Gasteiger partial charge in [0.15, 0.2) is 5.52 Å². The third-order valence-electron chi connectivity index (χ3n) is 1.59. The molecule has 1 aromatic heterocycles. The van der Waals surface area contributed by atoms with Gasteiger partial charge in [0.25, 0.3) is 0 Å². The van der Waals surface area contributed by atoms with E-state index < -0.39 is 4.92 Å². The number of nitro groups is 1. The zero-order valence-electron chi connectivity index (χ0n) is 6.22. The van der Waals surface area contributed by atoms with Gasteiger partial charge in [-0.25, -0.2) is 4.63 Å². The van der Waals surface area contributed by atoms with Crippen LogP contribution in [0.4, 0.5) is 11.4 Å². The van der Waals surface area contributed by atoms with E-state index in [-0.39, 0.29) is 22.4 Å². The van der Waals surface area contributed by atoms with Crippen molar-refractivity contribution in [2.24, 2.45) is 0 Å². The number of nitrogens with zero attached hydrogens (tertiary/aromatic N) is 3. The molecule has 0 spiro atoms. The quantitative estimate of drug-likeness (QED) is 0.480. The topological polar surface area (TPSA) is 106 Å². The molecular weight excluding hydrogens is 176 g/mol. The minimum Gasteiger partial charge on any atom is -0.298 e. The van der Waals surface area contributed by atoms with Crippen molar-refractivity contribution in [3.63, 3.8) is 0 Å². The molecule has 1 N–H and O–H groups in total. The first-order chi connectivity index (χ1) is 6.20. The predicted molar refractivity (Wildman–Crippen MR) is 41.2 cm³/mol. The summed E-state index contributed by atoms with van der Waals surface area (Å²) in [6.07, 6.45) is 0. The fourth-order valence-electron chi connectivity index (χ4n) is 1.00. The molecule has 1 radical (unpaired) electrons. The van der Waals surface area contributed by atoms with E-state index in [2.05, 4.69) is 14.9 Å². The van der Waals surface area contributed by atoms with Crippen molar-refractivity contribution in [1.29, 1.82) is 0 Å². The second kappa shape index (κ2) is 2.41. The highest BCUT2D eigenvalue weighted by Crippen LogP contribution is 2.27. The second-order valence-corrected chi connectivity index (χ2v) is 2.35. The van der Waals surface area contributed by atoms with Crippen molar-refractivity contribution in [3.8, 4) is 0 Å². The Bertz CT molecular complexity index is 478. The van der Waals surface area contributed by atoms with Crippen LogP contribution in [0.3, 0.4) is 0 Å². The summed E-state index contributed by atoms with van der Waals surface area (Å²) in [5.74, 6) is 0. The molecule has 0 saturated carbocycles. The number of fused-ring (bicyclic) bond motifs is 1. The van der Waals surface area contributed by atoms with E-state index in [0.717, 1.165) is 0 Å². The minimum atomic E-state index is -0.591. The van der Waals surface area contributed by atoms with E-state index >= 15 is 0 Å². The largest absolute Gasteiger partial charge is 0.300 e. The zero-order valence-corrected chi connectivity index (χ0v) is 6.22. The van der Waals surface area contributed by atoms with E-state index in [9.17, 15) is 10.1 Å². The maximum atomic E-state index is 10.5. The molecule has 0 aliphatic heterocycles. The average molecular weight is 179 g/mol. The Morgan fingerprint density at radius 1 is 1.38 bits per heavy atom. The number of nitrogens with one attached hydrogen (secondary N) is 1. The van der Waals surface area contributed by atoms with Crippen molar-refractivity contribution >= 4 is 22.4 Å². The number of aromatic nitrogens is 2. The monoisotopic (exact) mass is 179 g/mol. The predicted octanol–water partition coefficient (Wildman–Crippen LogP) is 1.05. The highest BCUT2D eigenvalue weighted by molar-refractivity contribution is 5.91. The van der Waals surface area contributed by atoms with Crippen molar-refractivity contribution < 1.29 is 9.55 Å². The lowest BCUT2D eigenvalue weighted by Gasteiger charge is -1.91. The number of nitro benzene ring substituents is 1. The maximum absolute atomic E-state index is 10.5. The first-order valence-electron chi connectivity index (χ1n) is 3.31. The van der Waals surface area contributed by atoms with Gasteiger partial charge in [-0.15, -0.1) is 0 Å². The van der Waals surface area contributed by atoms with E-state index in [1.54, 1.807) is 0 Å². The van der Waals surface area contributed by atoms with Crippen LogP contribution in [0.1, 0.15) is 0 Å². The molecule has 0 fully saturated rings. The first kappa shape index (κ1) is 7.47. The van der Waals surface area contributed by atoms with Crippen LogP contribution in [0.25, 0.3) is 11.0 Å². The van der Waals surface area contributed by atoms with Crippen molar-refractivity contribution in [2.45, 2.75) is 0 Å². The van der Waals surface area contributed by atoms with Crippen LogP contribution in [-0.2, 0) is 0 Å². The molecule has 0 amide bonds. The van der Waals surface area contributed by atoms with Crippen LogP contribution < -0.4 is 5.73 Å². The Hall–Kier alpha value is -2.18. The smallest absolute Gasteiger partial charge is 0.298 e. The molecule has 0 atom stereocenters. The van der Waals surface area contributed by atoms with Gasteiger partial charge in [0.05, 0.1) is 10.6 Å². The molecule has 65 valence electrons. The van der Waals surface area contributed by atoms with Crippen molar-refractivity contribution in [1.82, 2.24) is 16.0 Å². The maximum Gasteiger partial charge on any atom is 0.300 e. The SMILES string of the molecule is [NH]c1ccc([N+](=O)[O-])c2nonc12. The normalized spacial score (nSPS) is 10.5. The molecule has 0 saturated heterocycles. The van der Waals surface area contributed by atoms with Gasteiger partial charge in [0, 0.05) is 6.07 Å². The number of hydrogen-bond acceptors (Lipinski definition) is 5. The number of hydrogen-bond donors (Lipinski definition) is 0. The molecule has 2 rings (SSSR count). The summed E-state index contributed by atoms with van der Waals surface area (Å²) in [5, 5.41) is 17.2. The van der Waals surface area contributed by atoms with Crippen LogP contribution in [-0.4, -0.2) is 15.2 Å². The third kappa shape index (κ3) is 0.975. The third-order valence-corrected chi connectivity index (χ3v) is 1.59. The number of benzene rings is 1. The molecule has 13 heavy (non-hydrogen) atoms. The zero-order chi connectivity index (χ0) is 9.42. The fraction of sp³-hybridized carbons (Fsp3) is 0. The highest BCUT2D eigenvalue weighted by atomic mass is 16.6. The number of rotatable bonds is 1. The summed E-state index contributed by atoms with van der Waals surface area (Å²) in [6.45, 7) is 0. The van der Waals surface area contributed by atoms with Crippen LogP contribution in [0, 0.1) is 10.1 Å². The van der Waals surface area contributed by atoms with Crippen molar-refractivity contribution in [2.75, 3.05) is 0 Å². The van der Waals surface area contributed by atoms with Crippen LogP contribution in [0.15, 0.2) is 16.8 Å². The van der Waals surface area contributed by atoms with Gasteiger partial charge in [0.2, 0.25) is 5.52 Å². The van der Waals surface area contributed by atoms with Gasteiger partial charge in [-0.3, -0.25) is 15.8 Å². The molecule has 7 nitrogen and oxygen atoms in total. The Balaban J connectivity index is 2.86. The van der Waals surface area contributed by atoms with E-state index in [0.29, 0.717) is 0 Å². The molecule has 0 unspecified atom stereocenters. The van der Waals surface area contributed by atoms with E-state index in [1.807, 2.05) is 0 Å². The van der Waals surface area contributed by atoms with Gasteiger partial charge in [0.1, 0.15) is 0 Å². The van der Waals surface area contributed by atoms with E-state index in [1.165, 1.54) is 12.1 Å². The molecule has 0 aliphatic carbocycles. The summed E-state index contributed by atoms with van der Waals surface area (Å²) in [7, 11) is 0. The van der Waals surface area contributed by atoms with Gasteiger partial charge < -0.3 is 0 Å². The molecule has 0 bridgehead atoms. The lowest BCUT2D eigenvalue weighted by atomic mass is 10.2. The lowest BCUT2D eigenvalue weighted by molar-refractivity contribution is -0.383. The first-order valence-corrected chi connectivity index (χ1v) is 3.31. The standard InChI is InChI=1S/C6H3N4O3/c7-3-1-2-4(10(11)12)6-5(3)8-13-9-6/h1-2,7H. The van der Waals surface area contributed by atoms with Gasteiger partial charge in [-0.05, 0) is 16.4 Å². The fourth-order valence-corrected chi connectivity index (χ4v) is 1.00. The van der Waals surface area contributed by atoms with Crippen molar-refractivity contribution in [3.05, 3.63) is 22.2 Å². The average Bonchev–Trinajstić information content (AvgIpc) is 2.53. The summed E-state index contributed by atoms with van der Waals surface area (Å²) in [4.78, 5) is 9.87. The van der Waals surface area contributed by atoms with Gasteiger partial charge >= 0.3 is 5.69 Å². The lowest BCUT2D eigenvalue weighted by Crippen LogP contribution is -1.89. The van der Waals surface area contributed by atoms with Gasteiger partial charge in [-0.2, -0.15) is 0 Å². The molecule has 1 heterocycles. The van der Waals surface area contributed by atoms with Crippen LogP contribution in [0.2, 0.25) is 0 Å². The van der Waals surface area contributed by atoms with E-state index in [4.69, 9.17) is 5.73 Å². The summed E-state index contributed by atoms with van der Waals surface area (Å²) in [5.41, 5.74) is 7.31. The second-order valence-electron chi connectivity index (χ2n) is 2.35. The highest BCUT2D eigenvalue weighted by Gasteiger charge is 2.18. The Labute approximate surface area is 71.2 Å². The molecular formula is C6H3N4O3. The Kier molecular flexibility index (Phi) is 1.38. The molecule has 1 aromatic carbocycles. The molecule has 0 aliphatic rings. The summed E-state index contributed by atoms with van der Waals surface area (Å²) >= 11 is 0. The minimum absolute atomic E-state index is 0.0116. The summed E-state index contributed by atoms with van der Waals surface area (Å²) in [6, 6.07) is 2.49. The van der Waals surface area contributed by atoms with Crippen LogP contribution in [0.5, 0.6) is 0 Å². The number of non-ortho nitro benzene ring substituents is 1. The molecule has 7 heteroatoms.